The van der Waals surface area contributed by atoms with Gasteiger partial charge in [-0.05, 0) is 6.07 Å². The van der Waals surface area contributed by atoms with Crippen LogP contribution in [0, 0.1) is 0 Å². The number of carbonyl (C=O) groups is 1. The molecule has 0 aliphatic carbocycles. The molecule has 0 saturated heterocycles. The number of hydrogen-bond acceptors (Lipinski definition) is 2. The molecular weight excluding hydrogens is 214 g/mol. The van der Waals surface area contributed by atoms with Gasteiger partial charge in [0.25, 0.3) is 0 Å². The van der Waals surface area contributed by atoms with Crippen LogP contribution in [0.15, 0.2) is 24.3 Å². The number of amides is 1. The van der Waals surface area contributed by atoms with E-state index >= 15 is 0 Å². The molecule has 0 aliphatic heterocycles. The monoisotopic (exact) mass is 227 g/mol. The molecule has 0 N–H and O–H groups in total. The number of halogens is 1. The number of hydrogen-bond donors (Lipinski definition) is 0. The molecule has 0 bridgehead atoms. The summed E-state index contributed by atoms with van der Waals surface area (Å²) >= 11 is 5.46. The fraction of sp³-hybridized carbons (Fsp3) is 0.364. The highest BCUT2D eigenvalue weighted by Crippen LogP contribution is 2.18. The molecule has 0 heterocycles. The van der Waals surface area contributed by atoms with Crippen molar-refractivity contribution in [3.63, 3.8) is 0 Å². The Morgan fingerprint density at radius 2 is 2.13 bits per heavy atom. The first-order chi connectivity index (χ1) is 7.19. The summed E-state index contributed by atoms with van der Waals surface area (Å²) < 4.78 is 5.19. The highest BCUT2D eigenvalue weighted by molar-refractivity contribution is 6.27. The van der Waals surface area contributed by atoms with Crippen LogP contribution in [-0.4, -0.2) is 30.8 Å². The van der Waals surface area contributed by atoms with Gasteiger partial charge < -0.3 is 9.64 Å². The molecule has 1 aromatic rings. The van der Waals surface area contributed by atoms with Gasteiger partial charge in [0.15, 0.2) is 0 Å². The fourth-order valence-corrected chi connectivity index (χ4v) is 1.48. The van der Waals surface area contributed by atoms with E-state index in [9.17, 15) is 4.79 Å². The van der Waals surface area contributed by atoms with Crippen molar-refractivity contribution in [3.8, 4) is 5.75 Å². The summed E-state index contributed by atoms with van der Waals surface area (Å²) in [7, 11) is 3.33. The van der Waals surface area contributed by atoms with Gasteiger partial charge in [-0.1, -0.05) is 18.2 Å². The molecule has 15 heavy (non-hydrogen) atoms. The molecule has 0 spiro atoms. The first-order valence-electron chi connectivity index (χ1n) is 4.61. The Bertz CT molecular complexity index is 341. The van der Waals surface area contributed by atoms with E-state index in [4.69, 9.17) is 16.3 Å². The van der Waals surface area contributed by atoms with Crippen LogP contribution in [0.4, 0.5) is 0 Å². The quantitative estimate of drug-likeness (QED) is 0.736. The second kappa shape index (κ2) is 5.61. The maximum absolute atomic E-state index is 11.3. The van der Waals surface area contributed by atoms with Crippen molar-refractivity contribution in [2.75, 3.05) is 20.0 Å². The standard InChI is InChI=1S/C11H14ClNO2/c1-13(11(14)7-12)8-9-5-3-4-6-10(9)15-2/h3-6H,7-8H2,1-2H3. The zero-order valence-corrected chi connectivity index (χ0v) is 9.62. The van der Waals surface area contributed by atoms with E-state index in [1.54, 1.807) is 19.1 Å². The average Bonchev–Trinajstić information content (AvgIpc) is 2.28. The lowest BCUT2D eigenvalue weighted by molar-refractivity contribution is -0.127. The largest absolute Gasteiger partial charge is 0.496 e. The van der Waals surface area contributed by atoms with Crippen LogP contribution in [0.3, 0.4) is 0 Å². The zero-order valence-electron chi connectivity index (χ0n) is 8.87. The van der Waals surface area contributed by atoms with Crippen LogP contribution < -0.4 is 4.74 Å². The summed E-state index contributed by atoms with van der Waals surface area (Å²) in [4.78, 5) is 12.8. The molecule has 1 amide bonds. The minimum atomic E-state index is -0.0948. The van der Waals surface area contributed by atoms with E-state index in [1.165, 1.54) is 0 Å². The van der Waals surface area contributed by atoms with Gasteiger partial charge in [0.05, 0.1) is 7.11 Å². The SMILES string of the molecule is COc1ccccc1CN(C)C(=O)CCl. The molecule has 82 valence electrons. The van der Waals surface area contributed by atoms with Gasteiger partial charge in [-0.25, -0.2) is 0 Å². The van der Waals surface area contributed by atoms with Crippen molar-refractivity contribution in [2.45, 2.75) is 6.54 Å². The molecule has 1 rings (SSSR count). The molecular formula is C11H14ClNO2. The van der Waals surface area contributed by atoms with E-state index in [-0.39, 0.29) is 11.8 Å². The molecule has 0 radical (unpaired) electrons. The fourth-order valence-electron chi connectivity index (χ4n) is 1.28. The highest BCUT2D eigenvalue weighted by Gasteiger charge is 2.09. The van der Waals surface area contributed by atoms with E-state index < -0.39 is 0 Å². The second-order valence-corrected chi connectivity index (χ2v) is 3.46. The summed E-state index contributed by atoms with van der Waals surface area (Å²) in [6.07, 6.45) is 0. The maximum atomic E-state index is 11.3. The van der Waals surface area contributed by atoms with Gasteiger partial charge in [-0.15, -0.1) is 11.6 Å². The predicted octanol–water partition coefficient (Wildman–Crippen LogP) is 1.89. The van der Waals surface area contributed by atoms with Crippen molar-refractivity contribution < 1.29 is 9.53 Å². The number of para-hydroxylation sites is 1. The number of carbonyl (C=O) groups excluding carboxylic acids is 1. The van der Waals surface area contributed by atoms with Crippen LogP contribution in [0.5, 0.6) is 5.75 Å². The summed E-state index contributed by atoms with van der Waals surface area (Å²) in [6, 6.07) is 7.60. The Kier molecular flexibility index (Phi) is 4.43. The number of rotatable bonds is 4. The molecule has 0 fully saturated rings. The second-order valence-electron chi connectivity index (χ2n) is 3.20. The lowest BCUT2D eigenvalue weighted by Gasteiger charge is -2.17. The summed E-state index contributed by atoms with van der Waals surface area (Å²) in [5, 5.41) is 0. The first-order valence-corrected chi connectivity index (χ1v) is 5.14. The number of benzene rings is 1. The smallest absolute Gasteiger partial charge is 0.237 e. The topological polar surface area (TPSA) is 29.5 Å². The van der Waals surface area contributed by atoms with Gasteiger partial charge in [-0.2, -0.15) is 0 Å². The lowest BCUT2D eigenvalue weighted by atomic mass is 10.2. The summed E-state index contributed by atoms with van der Waals surface area (Å²) in [5.41, 5.74) is 0.973. The molecule has 1 aromatic carbocycles. The molecule has 0 saturated carbocycles. The highest BCUT2D eigenvalue weighted by atomic mass is 35.5. The van der Waals surface area contributed by atoms with Gasteiger partial charge in [0, 0.05) is 19.2 Å². The number of alkyl halides is 1. The third-order valence-corrected chi connectivity index (χ3v) is 2.37. The molecule has 3 nitrogen and oxygen atoms in total. The molecule has 0 unspecified atom stereocenters. The van der Waals surface area contributed by atoms with Crippen molar-refractivity contribution in [1.82, 2.24) is 4.90 Å². The van der Waals surface area contributed by atoms with E-state index in [0.717, 1.165) is 11.3 Å². The number of ether oxygens (including phenoxy) is 1. The van der Waals surface area contributed by atoms with Gasteiger partial charge >= 0.3 is 0 Å². The molecule has 0 atom stereocenters. The van der Waals surface area contributed by atoms with Crippen molar-refractivity contribution in [1.29, 1.82) is 0 Å². The van der Waals surface area contributed by atoms with E-state index in [2.05, 4.69) is 0 Å². The maximum Gasteiger partial charge on any atom is 0.237 e. The van der Waals surface area contributed by atoms with E-state index in [0.29, 0.717) is 6.54 Å². The third-order valence-electron chi connectivity index (χ3n) is 2.14. The molecule has 0 aromatic heterocycles. The third kappa shape index (κ3) is 3.13. The number of nitrogens with zero attached hydrogens (tertiary/aromatic N) is 1. The summed E-state index contributed by atoms with van der Waals surface area (Å²) in [6.45, 7) is 0.509. The Morgan fingerprint density at radius 1 is 1.47 bits per heavy atom. The van der Waals surface area contributed by atoms with Crippen molar-refractivity contribution in [2.24, 2.45) is 0 Å². The predicted molar refractivity (Wildman–Crippen MR) is 60.2 cm³/mol. The zero-order chi connectivity index (χ0) is 11.3. The minimum absolute atomic E-state index is 0.00560. The molecule has 4 heteroatoms. The lowest BCUT2D eigenvalue weighted by Crippen LogP contribution is -2.27. The van der Waals surface area contributed by atoms with Crippen LogP contribution >= 0.6 is 11.6 Å². The van der Waals surface area contributed by atoms with E-state index in [1.807, 2.05) is 24.3 Å². The first kappa shape index (κ1) is 11.9. The van der Waals surface area contributed by atoms with Gasteiger partial charge in [0.2, 0.25) is 5.91 Å². The van der Waals surface area contributed by atoms with Crippen molar-refractivity contribution in [3.05, 3.63) is 29.8 Å². The van der Waals surface area contributed by atoms with Crippen LogP contribution in [0.1, 0.15) is 5.56 Å². The van der Waals surface area contributed by atoms with Crippen molar-refractivity contribution >= 4 is 17.5 Å². The average molecular weight is 228 g/mol. The Morgan fingerprint density at radius 3 is 2.73 bits per heavy atom. The Balaban J connectivity index is 2.75. The van der Waals surface area contributed by atoms with Crippen LogP contribution in [-0.2, 0) is 11.3 Å². The van der Waals surface area contributed by atoms with Gasteiger partial charge in [-0.3, -0.25) is 4.79 Å². The summed E-state index contributed by atoms with van der Waals surface area (Å²) in [5.74, 6) is 0.695. The van der Waals surface area contributed by atoms with Crippen LogP contribution in [0.25, 0.3) is 0 Å². The van der Waals surface area contributed by atoms with Gasteiger partial charge in [0.1, 0.15) is 11.6 Å². The minimum Gasteiger partial charge on any atom is -0.496 e. The Labute approximate surface area is 94.6 Å². The normalized spacial score (nSPS) is 9.80. The Hall–Kier alpha value is -1.22. The number of methoxy groups -OCH3 is 1. The molecule has 0 aliphatic rings. The van der Waals surface area contributed by atoms with Crippen LogP contribution in [0.2, 0.25) is 0 Å².